The lowest BCUT2D eigenvalue weighted by molar-refractivity contribution is 0.0830. The van der Waals surface area contributed by atoms with E-state index in [0.717, 1.165) is 38.0 Å². The van der Waals surface area contributed by atoms with Gasteiger partial charge in [-0.3, -0.25) is 0 Å². The zero-order valence-corrected chi connectivity index (χ0v) is 10.5. The highest BCUT2D eigenvalue weighted by Crippen LogP contribution is 2.26. The largest absolute Gasteiger partial charge is 0.399 e. The van der Waals surface area contributed by atoms with Crippen molar-refractivity contribution < 1.29 is 5.11 Å². The first kappa shape index (κ1) is 12.2. The van der Waals surface area contributed by atoms with Gasteiger partial charge in [-0.2, -0.15) is 0 Å². The van der Waals surface area contributed by atoms with Gasteiger partial charge in [0.1, 0.15) is 0 Å². The first-order valence-electron chi connectivity index (χ1n) is 6.49. The predicted molar refractivity (Wildman–Crippen MR) is 72.1 cm³/mol. The smallest absolute Gasteiger partial charge is 0.0602 e. The molecule has 3 heteroatoms. The molecule has 0 saturated carbocycles. The molecular weight excluding hydrogens is 212 g/mol. The molecule has 1 aliphatic heterocycles. The van der Waals surface area contributed by atoms with Crippen molar-refractivity contribution in [1.82, 2.24) is 0 Å². The highest BCUT2D eigenvalue weighted by molar-refractivity contribution is 5.53. The average molecular weight is 234 g/mol. The molecule has 3 nitrogen and oxygen atoms in total. The van der Waals surface area contributed by atoms with Crippen LogP contribution in [-0.4, -0.2) is 24.3 Å². The van der Waals surface area contributed by atoms with Gasteiger partial charge in [0.25, 0.3) is 0 Å². The van der Waals surface area contributed by atoms with Crippen molar-refractivity contribution in [3.63, 3.8) is 0 Å². The Labute approximate surface area is 103 Å². The van der Waals surface area contributed by atoms with Crippen LogP contribution in [0.25, 0.3) is 0 Å². The van der Waals surface area contributed by atoms with E-state index in [9.17, 15) is 5.11 Å². The summed E-state index contributed by atoms with van der Waals surface area (Å²) >= 11 is 0. The van der Waals surface area contributed by atoms with E-state index in [1.54, 1.807) is 0 Å². The quantitative estimate of drug-likeness (QED) is 0.789. The minimum atomic E-state index is -0.125. The second-order valence-electron chi connectivity index (χ2n) is 4.94. The maximum atomic E-state index is 9.96. The van der Waals surface area contributed by atoms with E-state index in [-0.39, 0.29) is 6.10 Å². The van der Waals surface area contributed by atoms with E-state index in [0.29, 0.717) is 5.92 Å². The fourth-order valence-corrected chi connectivity index (χ4v) is 2.59. The number of anilines is 2. The molecule has 17 heavy (non-hydrogen) atoms. The Morgan fingerprint density at radius 3 is 2.71 bits per heavy atom. The average Bonchev–Trinajstić information content (AvgIpc) is 2.33. The number of nitrogens with zero attached hydrogens (tertiary/aromatic N) is 1. The molecule has 0 aromatic heterocycles. The van der Waals surface area contributed by atoms with Crippen LogP contribution in [0, 0.1) is 5.92 Å². The highest BCUT2D eigenvalue weighted by atomic mass is 16.3. The predicted octanol–water partition coefficient (Wildman–Crippen LogP) is 2.26. The van der Waals surface area contributed by atoms with Crippen LogP contribution in [0.5, 0.6) is 0 Å². The summed E-state index contributed by atoms with van der Waals surface area (Å²) in [5.74, 6) is 0.409. The van der Waals surface area contributed by atoms with Crippen molar-refractivity contribution in [2.24, 2.45) is 5.92 Å². The van der Waals surface area contributed by atoms with Crippen molar-refractivity contribution in [3.8, 4) is 0 Å². The number of benzene rings is 1. The van der Waals surface area contributed by atoms with Crippen LogP contribution in [0.15, 0.2) is 24.3 Å². The van der Waals surface area contributed by atoms with E-state index < -0.39 is 0 Å². The first-order chi connectivity index (χ1) is 8.20. The topological polar surface area (TPSA) is 49.5 Å². The number of nitrogen functional groups attached to an aromatic ring is 1. The van der Waals surface area contributed by atoms with Gasteiger partial charge in [0.05, 0.1) is 6.10 Å². The zero-order valence-electron chi connectivity index (χ0n) is 10.5. The molecule has 0 radical (unpaired) electrons. The van der Waals surface area contributed by atoms with Crippen molar-refractivity contribution in [2.45, 2.75) is 32.3 Å². The third kappa shape index (κ3) is 2.91. The lowest BCUT2D eigenvalue weighted by atomic mass is 9.90. The maximum absolute atomic E-state index is 9.96. The molecule has 2 rings (SSSR count). The fourth-order valence-electron chi connectivity index (χ4n) is 2.59. The van der Waals surface area contributed by atoms with Gasteiger partial charge in [-0.25, -0.2) is 0 Å². The molecule has 2 atom stereocenters. The lowest BCUT2D eigenvalue weighted by Crippen LogP contribution is -2.43. The van der Waals surface area contributed by atoms with Crippen molar-refractivity contribution in [1.29, 1.82) is 0 Å². The molecule has 1 saturated heterocycles. The Bertz CT molecular complexity index is 350. The molecule has 1 fully saturated rings. The molecule has 1 aromatic carbocycles. The van der Waals surface area contributed by atoms with E-state index >= 15 is 0 Å². The summed E-state index contributed by atoms with van der Waals surface area (Å²) in [6.45, 7) is 4.07. The Kier molecular flexibility index (Phi) is 3.89. The van der Waals surface area contributed by atoms with Gasteiger partial charge in [-0.1, -0.05) is 13.3 Å². The van der Waals surface area contributed by atoms with Gasteiger partial charge in [0.2, 0.25) is 0 Å². The van der Waals surface area contributed by atoms with E-state index in [2.05, 4.69) is 24.0 Å². The van der Waals surface area contributed by atoms with Crippen LogP contribution in [0.1, 0.15) is 26.2 Å². The molecule has 94 valence electrons. The monoisotopic (exact) mass is 234 g/mol. The molecule has 3 N–H and O–H groups in total. The van der Waals surface area contributed by atoms with Gasteiger partial charge >= 0.3 is 0 Å². The summed E-state index contributed by atoms with van der Waals surface area (Å²) in [4.78, 5) is 2.35. The second-order valence-corrected chi connectivity index (χ2v) is 4.94. The number of aliphatic hydroxyl groups excluding tert-OH is 1. The SMILES string of the molecule is CCC[C@@H]1CN(c2ccc(N)cc2)CC[C@H]1O. The van der Waals surface area contributed by atoms with Crippen LogP contribution in [0.4, 0.5) is 11.4 Å². The van der Waals surface area contributed by atoms with Gasteiger partial charge in [-0.05, 0) is 37.1 Å². The van der Waals surface area contributed by atoms with Gasteiger partial charge < -0.3 is 15.7 Å². The molecule has 0 spiro atoms. The molecule has 0 unspecified atom stereocenters. The van der Waals surface area contributed by atoms with Crippen LogP contribution in [-0.2, 0) is 0 Å². The van der Waals surface area contributed by atoms with E-state index in [1.165, 1.54) is 5.69 Å². The van der Waals surface area contributed by atoms with Crippen LogP contribution >= 0.6 is 0 Å². The molecule has 1 aromatic rings. The summed E-state index contributed by atoms with van der Waals surface area (Å²) in [5.41, 5.74) is 7.71. The summed E-state index contributed by atoms with van der Waals surface area (Å²) in [5, 5.41) is 9.96. The second kappa shape index (κ2) is 5.41. The number of aliphatic hydroxyl groups is 1. The molecule has 1 heterocycles. The third-order valence-corrected chi connectivity index (χ3v) is 3.61. The summed E-state index contributed by atoms with van der Waals surface area (Å²) in [7, 11) is 0. The van der Waals surface area contributed by atoms with E-state index in [4.69, 9.17) is 5.73 Å². The van der Waals surface area contributed by atoms with Gasteiger partial charge in [0, 0.05) is 30.4 Å². The molecule has 0 aliphatic carbocycles. The Morgan fingerprint density at radius 1 is 1.35 bits per heavy atom. The highest BCUT2D eigenvalue weighted by Gasteiger charge is 2.26. The fraction of sp³-hybridized carbons (Fsp3) is 0.571. The Hall–Kier alpha value is -1.22. The maximum Gasteiger partial charge on any atom is 0.0602 e. The number of piperidine rings is 1. The molecule has 1 aliphatic rings. The number of hydrogen-bond acceptors (Lipinski definition) is 3. The van der Waals surface area contributed by atoms with Crippen molar-refractivity contribution in [2.75, 3.05) is 23.7 Å². The number of nitrogens with two attached hydrogens (primary N) is 1. The summed E-state index contributed by atoms with van der Waals surface area (Å²) in [6.07, 6.45) is 2.99. The molecule has 0 amide bonds. The van der Waals surface area contributed by atoms with Crippen molar-refractivity contribution in [3.05, 3.63) is 24.3 Å². The molecule has 0 bridgehead atoms. The summed E-state index contributed by atoms with van der Waals surface area (Å²) in [6, 6.07) is 8.01. The lowest BCUT2D eigenvalue weighted by Gasteiger charge is -2.37. The minimum Gasteiger partial charge on any atom is -0.399 e. The van der Waals surface area contributed by atoms with Gasteiger partial charge in [-0.15, -0.1) is 0 Å². The van der Waals surface area contributed by atoms with E-state index in [1.807, 2.05) is 12.1 Å². The number of rotatable bonds is 3. The number of hydrogen-bond donors (Lipinski definition) is 2. The summed E-state index contributed by atoms with van der Waals surface area (Å²) < 4.78 is 0. The van der Waals surface area contributed by atoms with Crippen molar-refractivity contribution >= 4 is 11.4 Å². The normalized spacial score (nSPS) is 24.9. The third-order valence-electron chi connectivity index (χ3n) is 3.61. The zero-order chi connectivity index (χ0) is 12.3. The van der Waals surface area contributed by atoms with Crippen LogP contribution < -0.4 is 10.6 Å². The first-order valence-corrected chi connectivity index (χ1v) is 6.49. The standard InChI is InChI=1S/C14H22N2O/c1-2-3-11-10-16(9-8-14(11)17)13-6-4-12(15)5-7-13/h4-7,11,14,17H,2-3,8-10,15H2,1H3/t11-,14-/m1/s1. The van der Waals surface area contributed by atoms with Gasteiger partial charge in [0.15, 0.2) is 0 Å². The minimum absolute atomic E-state index is 0.125. The van der Waals surface area contributed by atoms with Crippen LogP contribution in [0.2, 0.25) is 0 Å². The Morgan fingerprint density at radius 2 is 2.06 bits per heavy atom. The molecular formula is C14H22N2O. The van der Waals surface area contributed by atoms with Crippen LogP contribution in [0.3, 0.4) is 0 Å². The Balaban J connectivity index is 2.04.